The summed E-state index contributed by atoms with van der Waals surface area (Å²) in [6, 6.07) is 2.46. The molecule has 6 heteroatoms. The van der Waals surface area contributed by atoms with E-state index in [2.05, 4.69) is 10.0 Å². The van der Waals surface area contributed by atoms with E-state index >= 15 is 0 Å². The van der Waals surface area contributed by atoms with Crippen molar-refractivity contribution in [3.05, 3.63) is 17.0 Å². The zero-order valence-electron chi connectivity index (χ0n) is 12.5. The van der Waals surface area contributed by atoms with Crippen LogP contribution >= 0.6 is 11.3 Å². The van der Waals surface area contributed by atoms with Gasteiger partial charge in [-0.15, -0.1) is 11.3 Å². The van der Waals surface area contributed by atoms with Crippen LogP contribution in [0.1, 0.15) is 57.4 Å². The monoisotopic (exact) mass is 328 g/mol. The molecule has 0 bridgehead atoms. The smallest absolute Gasteiger partial charge is 0.250 e. The lowest BCUT2D eigenvalue weighted by Crippen LogP contribution is -2.46. The van der Waals surface area contributed by atoms with Crippen LogP contribution in [0.5, 0.6) is 0 Å². The van der Waals surface area contributed by atoms with E-state index in [-0.39, 0.29) is 5.54 Å². The molecule has 0 unspecified atom stereocenters. The molecule has 1 heterocycles. The van der Waals surface area contributed by atoms with Gasteiger partial charge in [0.05, 0.1) is 0 Å². The SMILES string of the molecule is CC1(NS(=O)(=O)c2cc(CNC3CC3)cs2)CCCCC1. The minimum Gasteiger partial charge on any atom is -0.310 e. The molecule has 0 radical (unpaired) electrons. The minimum atomic E-state index is -3.38. The number of thiophene rings is 1. The Morgan fingerprint density at radius 3 is 2.67 bits per heavy atom. The molecule has 1 aromatic rings. The fraction of sp³-hybridized carbons (Fsp3) is 0.733. The second-order valence-electron chi connectivity index (χ2n) is 6.66. The second kappa shape index (κ2) is 5.99. The summed E-state index contributed by atoms with van der Waals surface area (Å²) in [5.74, 6) is 0. The van der Waals surface area contributed by atoms with Crippen LogP contribution in [0.2, 0.25) is 0 Å². The summed E-state index contributed by atoms with van der Waals surface area (Å²) >= 11 is 1.33. The highest BCUT2D eigenvalue weighted by molar-refractivity contribution is 7.91. The zero-order chi connectivity index (χ0) is 14.9. The van der Waals surface area contributed by atoms with Crippen molar-refractivity contribution >= 4 is 21.4 Å². The Hall–Kier alpha value is -0.430. The molecule has 1 aromatic heterocycles. The summed E-state index contributed by atoms with van der Waals surface area (Å²) in [7, 11) is -3.38. The normalized spacial score (nSPS) is 22.3. The second-order valence-corrected chi connectivity index (χ2v) is 9.48. The topological polar surface area (TPSA) is 58.2 Å². The van der Waals surface area contributed by atoms with Gasteiger partial charge in [0.15, 0.2) is 0 Å². The van der Waals surface area contributed by atoms with Gasteiger partial charge in [0, 0.05) is 18.1 Å². The fourth-order valence-corrected chi connectivity index (χ4v) is 5.62. The summed E-state index contributed by atoms with van der Waals surface area (Å²) in [4.78, 5) is 0. The van der Waals surface area contributed by atoms with E-state index in [0.717, 1.165) is 37.8 Å². The van der Waals surface area contributed by atoms with Crippen LogP contribution in [0.3, 0.4) is 0 Å². The van der Waals surface area contributed by atoms with E-state index < -0.39 is 10.0 Å². The van der Waals surface area contributed by atoms with Gasteiger partial charge in [0.25, 0.3) is 10.0 Å². The summed E-state index contributed by atoms with van der Waals surface area (Å²) in [6.07, 6.45) is 7.80. The molecule has 2 saturated carbocycles. The largest absolute Gasteiger partial charge is 0.310 e. The van der Waals surface area contributed by atoms with Crippen molar-refractivity contribution in [1.82, 2.24) is 10.0 Å². The van der Waals surface area contributed by atoms with Gasteiger partial charge in [0.2, 0.25) is 0 Å². The van der Waals surface area contributed by atoms with Crippen LogP contribution in [-0.4, -0.2) is 20.0 Å². The maximum absolute atomic E-state index is 12.5. The number of sulfonamides is 1. The van der Waals surface area contributed by atoms with Crippen molar-refractivity contribution in [1.29, 1.82) is 0 Å². The molecule has 2 aliphatic rings. The predicted molar refractivity (Wildman–Crippen MR) is 86.0 cm³/mol. The molecular weight excluding hydrogens is 304 g/mol. The van der Waals surface area contributed by atoms with Crippen LogP contribution in [-0.2, 0) is 16.6 Å². The molecule has 2 aliphatic carbocycles. The molecule has 21 heavy (non-hydrogen) atoms. The standard InChI is InChI=1S/C15H24N2O2S2/c1-15(7-3-2-4-8-15)17-21(18,19)14-9-12(11-20-14)10-16-13-5-6-13/h9,11,13,16-17H,2-8,10H2,1H3. The number of hydrogen-bond donors (Lipinski definition) is 2. The van der Waals surface area contributed by atoms with Crippen molar-refractivity contribution in [3.8, 4) is 0 Å². The van der Waals surface area contributed by atoms with Gasteiger partial charge in [0.1, 0.15) is 4.21 Å². The van der Waals surface area contributed by atoms with E-state index in [1.54, 1.807) is 0 Å². The fourth-order valence-electron chi connectivity index (χ4n) is 2.95. The third kappa shape index (κ3) is 4.06. The molecule has 0 aliphatic heterocycles. The van der Waals surface area contributed by atoms with E-state index in [1.807, 2.05) is 18.4 Å². The molecule has 0 spiro atoms. The van der Waals surface area contributed by atoms with Crippen LogP contribution in [0.25, 0.3) is 0 Å². The number of nitrogens with one attached hydrogen (secondary N) is 2. The summed E-state index contributed by atoms with van der Waals surface area (Å²) in [6.45, 7) is 2.81. The molecule has 4 nitrogen and oxygen atoms in total. The maximum atomic E-state index is 12.5. The van der Waals surface area contributed by atoms with Crippen LogP contribution in [0, 0.1) is 0 Å². The van der Waals surface area contributed by atoms with Gasteiger partial charge in [-0.05, 0) is 49.6 Å². The van der Waals surface area contributed by atoms with Crippen molar-refractivity contribution in [3.63, 3.8) is 0 Å². The molecule has 3 rings (SSSR count). The first-order valence-electron chi connectivity index (χ1n) is 7.82. The number of hydrogen-bond acceptors (Lipinski definition) is 4. The maximum Gasteiger partial charge on any atom is 0.250 e. The Bertz CT molecular complexity index is 585. The predicted octanol–water partition coefficient (Wildman–Crippen LogP) is 3.00. The summed E-state index contributed by atoms with van der Waals surface area (Å²) in [5.41, 5.74) is 0.800. The quantitative estimate of drug-likeness (QED) is 0.844. The summed E-state index contributed by atoms with van der Waals surface area (Å²) < 4.78 is 28.5. The van der Waals surface area contributed by atoms with Crippen LogP contribution in [0.4, 0.5) is 0 Å². The van der Waals surface area contributed by atoms with Crippen LogP contribution < -0.4 is 10.0 Å². The Balaban J connectivity index is 1.65. The summed E-state index contributed by atoms with van der Waals surface area (Å²) in [5, 5.41) is 5.37. The highest BCUT2D eigenvalue weighted by Gasteiger charge is 2.32. The number of rotatable bonds is 6. The third-order valence-electron chi connectivity index (χ3n) is 4.40. The van der Waals surface area contributed by atoms with E-state index in [9.17, 15) is 8.42 Å². The Morgan fingerprint density at radius 1 is 1.29 bits per heavy atom. The van der Waals surface area contributed by atoms with E-state index in [1.165, 1.54) is 30.6 Å². The first-order chi connectivity index (χ1) is 9.97. The van der Waals surface area contributed by atoms with Gasteiger partial charge in [-0.3, -0.25) is 0 Å². The Morgan fingerprint density at radius 2 is 2.00 bits per heavy atom. The van der Waals surface area contributed by atoms with Gasteiger partial charge < -0.3 is 5.32 Å². The molecule has 0 saturated heterocycles. The first-order valence-corrected chi connectivity index (χ1v) is 10.2. The van der Waals surface area contributed by atoms with Crippen molar-refractivity contribution < 1.29 is 8.42 Å². The molecular formula is C15H24N2O2S2. The van der Waals surface area contributed by atoms with Crippen LogP contribution in [0.15, 0.2) is 15.7 Å². The average molecular weight is 329 g/mol. The lowest BCUT2D eigenvalue weighted by atomic mass is 9.84. The lowest BCUT2D eigenvalue weighted by Gasteiger charge is -2.33. The van der Waals surface area contributed by atoms with E-state index in [0.29, 0.717) is 10.3 Å². The Kier molecular flexibility index (Phi) is 4.41. The molecule has 2 N–H and O–H groups in total. The molecule has 0 atom stereocenters. The molecule has 2 fully saturated rings. The van der Waals surface area contributed by atoms with Gasteiger partial charge in [-0.2, -0.15) is 0 Å². The molecule has 0 amide bonds. The van der Waals surface area contributed by atoms with Gasteiger partial charge >= 0.3 is 0 Å². The highest BCUT2D eigenvalue weighted by Crippen LogP contribution is 2.30. The molecule has 118 valence electrons. The van der Waals surface area contributed by atoms with Gasteiger partial charge in [-0.25, -0.2) is 13.1 Å². The Labute approximate surface area is 131 Å². The van der Waals surface area contributed by atoms with Gasteiger partial charge in [-0.1, -0.05) is 19.3 Å². The van der Waals surface area contributed by atoms with Crippen molar-refractivity contribution in [2.75, 3.05) is 0 Å². The lowest BCUT2D eigenvalue weighted by molar-refractivity contribution is 0.294. The van der Waals surface area contributed by atoms with E-state index in [4.69, 9.17) is 0 Å². The molecule has 0 aromatic carbocycles. The first kappa shape index (κ1) is 15.5. The van der Waals surface area contributed by atoms with Crippen molar-refractivity contribution in [2.24, 2.45) is 0 Å². The zero-order valence-corrected chi connectivity index (χ0v) is 14.2. The highest BCUT2D eigenvalue weighted by atomic mass is 32.2. The third-order valence-corrected chi connectivity index (χ3v) is 7.53. The minimum absolute atomic E-state index is 0.270. The van der Waals surface area contributed by atoms with Crippen molar-refractivity contribution in [2.45, 2.75) is 74.2 Å². The average Bonchev–Trinajstić information content (AvgIpc) is 3.12.